The maximum Gasteiger partial charge on any atom is 0.276 e. The van der Waals surface area contributed by atoms with Crippen molar-refractivity contribution >= 4 is 23.3 Å². The van der Waals surface area contributed by atoms with Crippen molar-refractivity contribution in [3.05, 3.63) is 46.7 Å². The van der Waals surface area contributed by atoms with Gasteiger partial charge in [0.15, 0.2) is 5.69 Å². The van der Waals surface area contributed by atoms with Crippen molar-refractivity contribution < 1.29 is 14.0 Å². The van der Waals surface area contributed by atoms with Crippen LogP contribution in [0, 0.1) is 11.7 Å². The first-order chi connectivity index (χ1) is 14.5. The van der Waals surface area contributed by atoms with E-state index in [1.165, 1.54) is 18.6 Å². The number of hydrogen-bond donors (Lipinski definition) is 1. The summed E-state index contributed by atoms with van der Waals surface area (Å²) < 4.78 is 17.4. The number of halogens is 1. The minimum Gasteiger partial charge on any atom is -0.351 e. The normalized spacial score (nSPS) is 15.7. The quantitative estimate of drug-likeness (QED) is 0.673. The molecule has 0 spiro atoms. The van der Waals surface area contributed by atoms with Gasteiger partial charge in [-0.1, -0.05) is 49.7 Å². The summed E-state index contributed by atoms with van der Waals surface area (Å²) in [5, 5.41) is 8.64. The monoisotopic (exact) mass is 432 g/mol. The van der Waals surface area contributed by atoms with Gasteiger partial charge in [0.05, 0.1) is 0 Å². The Labute approximate surface area is 181 Å². The topological polar surface area (TPSA) is 75.2 Å². The third-order valence-electron chi connectivity index (χ3n) is 5.48. The number of nitrogens with one attached hydrogen (secondary N) is 1. The molecule has 0 aliphatic heterocycles. The molecule has 0 saturated heterocycles. The number of hydrogen-bond acceptors (Lipinski definition) is 5. The summed E-state index contributed by atoms with van der Waals surface area (Å²) in [5.74, 6) is -0.593. The smallest absolute Gasteiger partial charge is 0.276 e. The molecule has 1 saturated carbocycles. The maximum atomic E-state index is 13.6. The first-order valence-corrected chi connectivity index (χ1v) is 11.4. The molecule has 1 N–H and O–H groups in total. The molecule has 1 aliphatic rings. The second-order valence-electron chi connectivity index (χ2n) is 8.27. The summed E-state index contributed by atoms with van der Waals surface area (Å²) in [5.41, 5.74) is 0.811. The van der Waals surface area contributed by atoms with E-state index in [0.29, 0.717) is 18.0 Å². The second-order valence-corrected chi connectivity index (χ2v) is 8.88. The molecular weight excluding hydrogens is 403 g/mol. The van der Waals surface area contributed by atoms with Crippen LogP contribution in [-0.2, 0) is 4.79 Å². The maximum absolute atomic E-state index is 13.6. The summed E-state index contributed by atoms with van der Waals surface area (Å²) in [6.07, 6.45) is 5.98. The fourth-order valence-corrected chi connectivity index (χ4v) is 4.23. The molecule has 162 valence electrons. The molecule has 2 amide bonds. The van der Waals surface area contributed by atoms with E-state index < -0.39 is 6.04 Å². The Morgan fingerprint density at radius 3 is 2.50 bits per heavy atom. The van der Waals surface area contributed by atoms with E-state index in [1.54, 1.807) is 22.4 Å². The molecule has 8 heteroatoms. The summed E-state index contributed by atoms with van der Waals surface area (Å²) in [6.45, 7) is 4.54. The second kappa shape index (κ2) is 10.6. The minimum absolute atomic E-state index is 0.109. The van der Waals surface area contributed by atoms with Gasteiger partial charge in [-0.3, -0.25) is 9.59 Å². The van der Waals surface area contributed by atoms with Gasteiger partial charge in [0.2, 0.25) is 5.91 Å². The van der Waals surface area contributed by atoms with Crippen LogP contribution in [0.3, 0.4) is 0 Å². The zero-order chi connectivity index (χ0) is 21.5. The number of aromatic nitrogens is 2. The van der Waals surface area contributed by atoms with Crippen molar-refractivity contribution in [1.82, 2.24) is 19.8 Å². The zero-order valence-corrected chi connectivity index (χ0v) is 18.3. The molecule has 0 unspecified atom stereocenters. The van der Waals surface area contributed by atoms with Crippen LogP contribution in [0.15, 0.2) is 29.6 Å². The van der Waals surface area contributed by atoms with Gasteiger partial charge >= 0.3 is 0 Å². The highest BCUT2D eigenvalue weighted by Gasteiger charge is 2.34. The van der Waals surface area contributed by atoms with E-state index >= 15 is 0 Å². The predicted molar refractivity (Wildman–Crippen MR) is 115 cm³/mol. The van der Waals surface area contributed by atoms with Crippen LogP contribution in [0.5, 0.6) is 0 Å². The average molecular weight is 433 g/mol. The summed E-state index contributed by atoms with van der Waals surface area (Å²) >= 11 is 1.10. The lowest BCUT2D eigenvalue weighted by Gasteiger charge is -2.33. The van der Waals surface area contributed by atoms with E-state index in [-0.39, 0.29) is 29.4 Å². The van der Waals surface area contributed by atoms with Gasteiger partial charge in [0.1, 0.15) is 11.9 Å². The fraction of sp³-hybridized carbons (Fsp3) is 0.545. The number of carbonyl (C=O) groups excluding carboxylic acids is 2. The summed E-state index contributed by atoms with van der Waals surface area (Å²) in [6, 6.07) is 5.07. The molecule has 0 radical (unpaired) electrons. The number of nitrogens with zero attached hydrogens (tertiary/aromatic N) is 3. The largest absolute Gasteiger partial charge is 0.351 e. The van der Waals surface area contributed by atoms with Gasteiger partial charge in [-0.2, -0.15) is 0 Å². The highest BCUT2D eigenvalue weighted by molar-refractivity contribution is 7.03. The molecule has 1 aliphatic carbocycles. The van der Waals surface area contributed by atoms with Gasteiger partial charge < -0.3 is 10.2 Å². The van der Waals surface area contributed by atoms with Crippen molar-refractivity contribution in [1.29, 1.82) is 0 Å². The molecule has 1 fully saturated rings. The van der Waals surface area contributed by atoms with Crippen molar-refractivity contribution in [2.24, 2.45) is 5.92 Å². The van der Waals surface area contributed by atoms with Crippen LogP contribution in [0.1, 0.15) is 74.5 Å². The molecule has 6 nitrogen and oxygen atoms in total. The predicted octanol–water partition coefficient (Wildman–Crippen LogP) is 4.36. The fourth-order valence-electron chi connectivity index (χ4n) is 3.80. The highest BCUT2D eigenvalue weighted by atomic mass is 32.1. The van der Waals surface area contributed by atoms with Crippen molar-refractivity contribution in [3.8, 4) is 0 Å². The Bertz CT molecular complexity index is 820. The minimum atomic E-state index is -0.847. The van der Waals surface area contributed by atoms with Gasteiger partial charge in [-0.05, 0) is 54.4 Å². The third-order valence-corrected chi connectivity index (χ3v) is 5.99. The lowest BCUT2D eigenvalue weighted by molar-refractivity contribution is -0.127. The first-order valence-electron chi connectivity index (χ1n) is 10.6. The van der Waals surface area contributed by atoms with Crippen LogP contribution in [-0.4, -0.2) is 38.9 Å². The van der Waals surface area contributed by atoms with Crippen LogP contribution in [0.25, 0.3) is 0 Å². The van der Waals surface area contributed by atoms with Gasteiger partial charge in [-0.15, -0.1) is 5.10 Å². The van der Waals surface area contributed by atoms with E-state index in [2.05, 4.69) is 28.8 Å². The van der Waals surface area contributed by atoms with E-state index in [4.69, 9.17) is 0 Å². The van der Waals surface area contributed by atoms with Crippen molar-refractivity contribution in [3.63, 3.8) is 0 Å². The Morgan fingerprint density at radius 2 is 1.90 bits per heavy atom. The molecule has 1 heterocycles. The number of rotatable bonds is 8. The Balaban J connectivity index is 1.93. The van der Waals surface area contributed by atoms with Gasteiger partial charge in [0.25, 0.3) is 5.91 Å². The highest BCUT2D eigenvalue weighted by Crippen LogP contribution is 2.26. The molecule has 30 heavy (non-hydrogen) atoms. The summed E-state index contributed by atoms with van der Waals surface area (Å²) in [4.78, 5) is 28.3. The molecular formula is C22H29FN4O2S. The summed E-state index contributed by atoms with van der Waals surface area (Å²) in [7, 11) is 0. The lowest BCUT2D eigenvalue weighted by Crippen LogP contribution is -2.47. The van der Waals surface area contributed by atoms with Gasteiger partial charge in [-0.25, -0.2) is 4.39 Å². The Hall–Kier alpha value is -2.35. The molecule has 1 aromatic heterocycles. The zero-order valence-electron chi connectivity index (χ0n) is 17.5. The number of amides is 2. The molecule has 0 bridgehead atoms. The van der Waals surface area contributed by atoms with Crippen LogP contribution >= 0.6 is 11.5 Å². The van der Waals surface area contributed by atoms with Crippen molar-refractivity contribution in [2.45, 2.75) is 64.5 Å². The molecule has 1 aromatic carbocycles. The third kappa shape index (κ3) is 5.84. The average Bonchev–Trinajstić information content (AvgIpc) is 3.27. The van der Waals surface area contributed by atoms with Crippen LogP contribution in [0.2, 0.25) is 0 Å². The van der Waals surface area contributed by atoms with E-state index in [1.807, 2.05) is 0 Å². The number of benzene rings is 1. The first kappa shape index (κ1) is 22.3. The molecule has 2 aromatic rings. The Morgan fingerprint density at radius 1 is 1.20 bits per heavy atom. The van der Waals surface area contributed by atoms with Crippen LogP contribution < -0.4 is 5.32 Å². The number of carbonyl (C=O) groups is 2. The standard InChI is InChI=1S/C22H29FN4O2S/c1-15(2)12-13-27(22(29)19-14-30-26-25-19)20(16-8-10-17(23)11-9-16)21(28)24-18-6-4-3-5-7-18/h8-11,14-15,18,20H,3-7,12-13H2,1-2H3,(H,24,28)/t20-/m1/s1. The van der Waals surface area contributed by atoms with Crippen molar-refractivity contribution in [2.75, 3.05) is 6.54 Å². The lowest BCUT2D eigenvalue weighted by atomic mass is 9.94. The van der Waals surface area contributed by atoms with E-state index in [9.17, 15) is 14.0 Å². The van der Waals surface area contributed by atoms with Gasteiger partial charge in [0, 0.05) is 18.0 Å². The van der Waals surface area contributed by atoms with E-state index in [0.717, 1.165) is 43.6 Å². The Kier molecular flexibility index (Phi) is 7.90. The molecule has 1 atom stereocenters. The van der Waals surface area contributed by atoms with Crippen LogP contribution in [0.4, 0.5) is 4.39 Å². The molecule has 3 rings (SSSR count). The SMILES string of the molecule is CC(C)CCN(C(=O)c1csnn1)[C@@H](C(=O)NC1CCCCC1)c1ccc(F)cc1.